The first-order valence-corrected chi connectivity index (χ1v) is 11.3. The van der Waals surface area contributed by atoms with Gasteiger partial charge in [-0.1, -0.05) is 29.3 Å². The third kappa shape index (κ3) is 4.20. The Morgan fingerprint density at radius 3 is 2.84 bits per heavy atom. The largest absolute Gasteiger partial charge is 0.451 e. The Morgan fingerprint density at radius 2 is 2.10 bits per heavy atom. The molecule has 4 rings (SSSR count). The number of carbonyl (C=O) groups is 2. The highest BCUT2D eigenvalue weighted by molar-refractivity contribution is 7.20. The standard InChI is InChI=1S/C21H19Cl2N3O4S/c1-10-17-19(25-15-4-3-7-26(15)20(17)28)31-18(10)21(29)30-9-16(27)24-11(2)12-5-6-13(22)14(23)8-12/h5-6,8,11H,3-4,7,9H2,1-2H3,(H,24,27). The van der Waals surface area contributed by atoms with E-state index in [0.717, 1.165) is 35.6 Å². The molecule has 3 aromatic rings. The third-order valence-electron chi connectivity index (χ3n) is 5.25. The number of hydrogen-bond acceptors (Lipinski definition) is 6. The summed E-state index contributed by atoms with van der Waals surface area (Å²) in [6.07, 6.45) is 1.64. The van der Waals surface area contributed by atoms with E-state index in [9.17, 15) is 14.4 Å². The van der Waals surface area contributed by atoms with Gasteiger partial charge in [0.05, 0.1) is 21.5 Å². The highest BCUT2D eigenvalue weighted by atomic mass is 35.5. The molecule has 1 aliphatic rings. The number of nitrogens with zero attached hydrogens (tertiary/aromatic N) is 2. The quantitative estimate of drug-likeness (QED) is 0.557. The van der Waals surface area contributed by atoms with E-state index in [-0.39, 0.29) is 16.5 Å². The summed E-state index contributed by atoms with van der Waals surface area (Å²) in [5.41, 5.74) is 1.18. The van der Waals surface area contributed by atoms with Gasteiger partial charge in [-0.05, 0) is 43.5 Å². The van der Waals surface area contributed by atoms with E-state index in [1.807, 2.05) is 0 Å². The number of fused-ring (bicyclic) bond motifs is 2. The van der Waals surface area contributed by atoms with Crippen molar-refractivity contribution in [1.82, 2.24) is 14.9 Å². The second kappa shape index (κ2) is 8.61. The lowest BCUT2D eigenvalue weighted by atomic mass is 10.1. The average molecular weight is 480 g/mol. The summed E-state index contributed by atoms with van der Waals surface area (Å²) in [5, 5.41) is 4.01. The number of carbonyl (C=O) groups excluding carboxylic acids is 2. The summed E-state index contributed by atoms with van der Waals surface area (Å²) in [6, 6.07) is 4.73. The first-order valence-electron chi connectivity index (χ1n) is 9.70. The summed E-state index contributed by atoms with van der Waals surface area (Å²) < 4.78 is 6.86. The van der Waals surface area contributed by atoms with Crippen LogP contribution in [0.25, 0.3) is 10.2 Å². The number of aryl methyl sites for hydroxylation is 2. The number of esters is 1. The Kier molecular flexibility index (Phi) is 6.05. The van der Waals surface area contributed by atoms with Crippen LogP contribution in [0.4, 0.5) is 0 Å². The SMILES string of the molecule is Cc1c(C(=O)OCC(=O)NC(C)c2ccc(Cl)c(Cl)c2)sc2nc3n(c(=O)c12)CCC3. The van der Waals surface area contributed by atoms with Crippen LogP contribution in [0.5, 0.6) is 0 Å². The molecule has 0 bridgehead atoms. The van der Waals surface area contributed by atoms with Crippen LogP contribution in [0.1, 0.15) is 46.0 Å². The van der Waals surface area contributed by atoms with E-state index >= 15 is 0 Å². The molecule has 0 spiro atoms. The number of hydrogen-bond donors (Lipinski definition) is 1. The molecule has 1 atom stereocenters. The molecule has 1 amide bonds. The monoisotopic (exact) mass is 479 g/mol. The Bertz CT molecular complexity index is 1270. The van der Waals surface area contributed by atoms with Gasteiger partial charge in [0.25, 0.3) is 11.5 Å². The topological polar surface area (TPSA) is 90.3 Å². The van der Waals surface area contributed by atoms with Gasteiger partial charge >= 0.3 is 5.97 Å². The number of amides is 1. The molecule has 0 saturated carbocycles. The highest BCUT2D eigenvalue weighted by Gasteiger charge is 2.24. The number of thiophene rings is 1. The zero-order chi connectivity index (χ0) is 22.3. The van der Waals surface area contributed by atoms with Gasteiger partial charge in [0.15, 0.2) is 6.61 Å². The van der Waals surface area contributed by atoms with Crippen molar-refractivity contribution >= 4 is 56.6 Å². The lowest BCUT2D eigenvalue weighted by molar-refractivity contribution is -0.124. The molecular weight excluding hydrogens is 461 g/mol. The normalized spacial score (nSPS) is 13.8. The summed E-state index contributed by atoms with van der Waals surface area (Å²) in [4.78, 5) is 42.9. The maximum Gasteiger partial charge on any atom is 0.349 e. The minimum absolute atomic E-state index is 0.126. The van der Waals surface area contributed by atoms with Crippen molar-refractivity contribution in [2.75, 3.05) is 6.61 Å². The van der Waals surface area contributed by atoms with E-state index in [4.69, 9.17) is 27.9 Å². The molecule has 10 heteroatoms. The van der Waals surface area contributed by atoms with Crippen LogP contribution in [0.2, 0.25) is 10.0 Å². The minimum Gasteiger partial charge on any atom is -0.451 e. The van der Waals surface area contributed by atoms with Crippen molar-refractivity contribution in [2.24, 2.45) is 0 Å². The molecule has 0 fully saturated rings. The van der Waals surface area contributed by atoms with Crippen LogP contribution in [-0.2, 0) is 22.5 Å². The summed E-state index contributed by atoms with van der Waals surface area (Å²) in [5.74, 6) is -0.361. The fraction of sp³-hybridized carbons (Fsp3) is 0.333. The molecular formula is C21H19Cl2N3O4S. The van der Waals surface area contributed by atoms with Gasteiger partial charge in [0.2, 0.25) is 0 Å². The van der Waals surface area contributed by atoms with Crippen LogP contribution in [0.3, 0.4) is 0 Å². The third-order valence-corrected chi connectivity index (χ3v) is 7.16. The van der Waals surface area contributed by atoms with E-state index in [0.29, 0.717) is 32.4 Å². The number of aromatic nitrogens is 2. The van der Waals surface area contributed by atoms with Gasteiger partial charge in [-0.2, -0.15) is 0 Å². The van der Waals surface area contributed by atoms with E-state index < -0.39 is 18.5 Å². The van der Waals surface area contributed by atoms with Crippen molar-refractivity contribution in [3.8, 4) is 0 Å². The molecule has 1 aliphatic heterocycles. The Labute approximate surface area is 191 Å². The van der Waals surface area contributed by atoms with Crippen LogP contribution >= 0.6 is 34.5 Å². The Balaban J connectivity index is 1.44. The number of rotatable bonds is 5. The van der Waals surface area contributed by atoms with Gasteiger partial charge < -0.3 is 10.1 Å². The average Bonchev–Trinajstić information content (AvgIpc) is 3.33. The maximum absolute atomic E-state index is 12.7. The van der Waals surface area contributed by atoms with Crippen molar-refractivity contribution in [1.29, 1.82) is 0 Å². The number of benzene rings is 1. The number of halogens is 2. The molecule has 162 valence electrons. The van der Waals surface area contributed by atoms with Gasteiger partial charge in [0, 0.05) is 13.0 Å². The fourth-order valence-electron chi connectivity index (χ4n) is 3.61. The zero-order valence-electron chi connectivity index (χ0n) is 16.8. The van der Waals surface area contributed by atoms with Crippen molar-refractivity contribution in [2.45, 2.75) is 39.3 Å². The number of nitrogens with one attached hydrogen (secondary N) is 1. The van der Waals surface area contributed by atoms with Crippen LogP contribution < -0.4 is 10.9 Å². The molecule has 0 radical (unpaired) electrons. The molecule has 1 aromatic carbocycles. The Morgan fingerprint density at radius 1 is 1.32 bits per heavy atom. The van der Waals surface area contributed by atoms with Gasteiger partial charge in [-0.25, -0.2) is 9.78 Å². The van der Waals surface area contributed by atoms with Crippen LogP contribution in [-0.4, -0.2) is 28.0 Å². The summed E-state index contributed by atoms with van der Waals surface area (Å²) in [7, 11) is 0. The molecule has 1 N–H and O–H groups in total. The maximum atomic E-state index is 12.7. The molecule has 7 nitrogen and oxygen atoms in total. The van der Waals surface area contributed by atoms with Gasteiger partial charge in [0.1, 0.15) is 15.5 Å². The molecule has 0 saturated heterocycles. The first-order chi connectivity index (χ1) is 14.8. The number of ether oxygens (including phenoxy) is 1. The molecule has 31 heavy (non-hydrogen) atoms. The van der Waals surface area contributed by atoms with Crippen LogP contribution in [0.15, 0.2) is 23.0 Å². The molecule has 1 unspecified atom stereocenters. The van der Waals surface area contributed by atoms with E-state index in [2.05, 4.69) is 10.3 Å². The van der Waals surface area contributed by atoms with Crippen molar-refractivity contribution in [3.05, 3.63) is 60.4 Å². The first kappa shape index (κ1) is 21.8. The predicted octanol–water partition coefficient (Wildman–Crippen LogP) is 4.05. The molecule has 0 aliphatic carbocycles. The van der Waals surface area contributed by atoms with Crippen molar-refractivity contribution < 1.29 is 14.3 Å². The highest BCUT2D eigenvalue weighted by Crippen LogP contribution is 2.29. The van der Waals surface area contributed by atoms with E-state index in [1.54, 1.807) is 36.6 Å². The molecule has 2 aromatic heterocycles. The zero-order valence-corrected chi connectivity index (χ0v) is 19.2. The summed E-state index contributed by atoms with van der Waals surface area (Å²) >= 11 is 13.0. The van der Waals surface area contributed by atoms with Gasteiger partial charge in [-0.3, -0.25) is 14.2 Å². The smallest absolute Gasteiger partial charge is 0.349 e. The summed E-state index contributed by atoms with van der Waals surface area (Å²) in [6.45, 7) is 3.69. The van der Waals surface area contributed by atoms with Gasteiger partial charge in [-0.15, -0.1) is 11.3 Å². The van der Waals surface area contributed by atoms with Crippen LogP contribution in [0, 0.1) is 6.92 Å². The molecule has 3 heterocycles. The van der Waals surface area contributed by atoms with Crippen molar-refractivity contribution in [3.63, 3.8) is 0 Å². The Hall–Kier alpha value is -2.42. The fourth-order valence-corrected chi connectivity index (χ4v) is 5.01. The minimum atomic E-state index is -0.651. The van der Waals surface area contributed by atoms with E-state index in [1.165, 1.54) is 0 Å². The predicted molar refractivity (Wildman–Crippen MR) is 120 cm³/mol. The second-order valence-corrected chi connectivity index (χ2v) is 9.18. The lowest BCUT2D eigenvalue weighted by Crippen LogP contribution is -2.31. The lowest BCUT2D eigenvalue weighted by Gasteiger charge is -2.15. The second-order valence-electron chi connectivity index (χ2n) is 7.36.